The van der Waals surface area contributed by atoms with Crippen molar-refractivity contribution in [1.82, 2.24) is 5.43 Å². The Morgan fingerprint density at radius 1 is 0.824 bits per heavy atom. The predicted molar refractivity (Wildman–Crippen MR) is 131 cm³/mol. The Labute approximate surface area is 199 Å². The van der Waals surface area contributed by atoms with Gasteiger partial charge in [0.25, 0.3) is 5.91 Å². The van der Waals surface area contributed by atoms with E-state index in [-0.39, 0.29) is 12.5 Å². The highest BCUT2D eigenvalue weighted by molar-refractivity contribution is 5.91. The first kappa shape index (κ1) is 24.5. The lowest BCUT2D eigenvalue weighted by atomic mass is 10.2. The third kappa shape index (κ3) is 7.78. The zero-order valence-electron chi connectivity index (χ0n) is 19.3. The first-order chi connectivity index (χ1) is 16.6. The van der Waals surface area contributed by atoms with Crippen molar-refractivity contribution in [3.05, 3.63) is 89.5 Å². The molecule has 34 heavy (non-hydrogen) atoms. The molecule has 7 heteroatoms. The Morgan fingerprint density at radius 2 is 1.44 bits per heavy atom. The molecule has 0 fully saturated rings. The molecule has 0 aliphatic rings. The van der Waals surface area contributed by atoms with Crippen molar-refractivity contribution in [3.8, 4) is 17.2 Å². The van der Waals surface area contributed by atoms with E-state index in [1.807, 2.05) is 31.2 Å². The molecule has 3 rings (SSSR count). The summed E-state index contributed by atoms with van der Waals surface area (Å²) in [5, 5.41) is 3.92. The zero-order chi connectivity index (χ0) is 24.2. The van der Waals surface area contributed by atoms with Crippen LogP contribution in [0.4, 0.5) is 0 Å². The molecular weight excluding hydrogens is 432 g/mol. The van der Waals surface area contributed by atoms with E-state index >= 15 is 0 Å². The Kier molecular flexibility index (Phi) is 9.22. The lowest BCUT2D eigenvalue weighted by Gasteiger charge is -2.07. The fourth-order valence-electron chi connectivity index (χ4n) is 2.88. The quantitative estimate of drug-likeness (QED) is 0.193. The number of aryl methyl sites for hydroxylation is 1. The summed E-state index contributed by atoms with van der Waals surface area (Å²) >= 11 is 0. The Bertz CT molecular complexity index is 1090. The van der Waals surface area contributed by atoms with Gasteiger partial charge in [0.15, 0.2) is 6.61 Å². The van der Waals surface area contributed by atoms with Crippen molar-refractivity contribution in [2.75, 3.05) is 13.2 Å². The molecule has 0 saturated carbocycles. The monoisotopic (exact) mass is 460 g/mol. The lowest BCUT2D eigenvalue weighted by molar-refractivity contribution is -0.123. The molecule has 0 bridgehead atoms. The minimum absolute atomic E-state index is 0.136. The van der Waals surface area contributed by atoms with Crippen molar-refractivity contribution >= 4 is 18.1 Å². The number of ether oxygens (including phenoxy) is 3. The highest BCUT2D eigenvalue weighted by Crippen LogP contribution is 2.17. The van der Waals surface area contributed by atoms with Gasteiger partial charge < -0.3 is 14.2 Å². The highest BCUT2D eigenvalue weighted by Gasteiger charge is 2.09. The van der Waals surface area contributed by atoms with E-state index in [4.69, 9.17) is 14.2 Å². The fraction of sp³-hybridized carbons (Fsp3) is 0.222. The van der Waals surface area contributed by atoms with Crippen molar-refractivity contribution in [2.24, 2.45) is 5.10 Å². The minimum atomic E-state index is -0.458. The average molecular weight is 461 g/mol. The Hall–Kier alpha value is -4.13. The van der Waals surface area contributed by atoms with Gasteiger partial charge in [0.1, 0.15) is 17.2 Å². The van der Waals surface area contributed by atoms with Crippen LogP contribution in [0.3, 0.4) is 0 Å². The summed E-state index contributed by atoms with van der Waals surface area (Å²) in [6, 6.07) is 21.2. The molecule has 7 nitrogen and oxygen atoms in total. The number of carbonyl (C=O) groups excluding carboxylic acids is 2. The number of carbonyl (C=O) groups is 2. The molecule has 0 atom stereocenters. The molecule has 0 saturated heterocycles. The van der Waals surface area contributed by atoms with Gasteiger partial charge in [0.2, 0.25) is 0 Å². The second-order valence-electron chi connectivity index (χ2n) is 7.41. The topological polar surface area (TPSA) is 86.2 Å². The molecule has 0 heterocycles. The van der Waals surface area contributed by atoms with Crippen molar-refractivity contribution in [1.29, 1.82) is 0 Å². The second-order valence-corrected chi connectivity index (χ2v) is 7.41. The standard InChI is InChI=1S/C27H28N2O5/c1-3-17-32-23-15-9-22(10-16-23)27(31)34-25-13-7-21(8-14-25)18-28-29-26(30)19-33-24-11-5-20(4-2)6-12-24/h5-16,18H,3-4,17,19H2,1-2H3,(H,29,30)/b28-18+. The predicted octanol–water partition coefficient (Wildman–Crippen LogP) is 4.79. The summed E-state index contributed by atoms with van der Waals surface area (Å²) in [5.41, 5.74) is 4.78. The molecule has 0 aliphatic heterocycles. The number of hydrogen-bond donors (Lipinski definition) is 1. The van der Waals surface area contributed by atoms with Crippen LogP contribution in [0.2, 0.25) is 0 Å². The molecule has 0 radical (unpaired) electrons. The van der Waals surface area contributed by atoms with E-state index < -0.39 is 5.97 Å². The zero-order valence-corrected chi connectivity index (χ0v) is 19.3. The molecule has 176 valence electrons. The number of rotatable bonds is 11. The lowest BCUT2D eigenvalue weighted by Crippen LogP contribution is -2.24. The maximum Gasteiger partial charge on any atom is 0.343 e. The van der Waals surface area contributed by atoms with Crippen molar-refractivity contribution < 1.29 is 23.8 Å². The molecule has 0 spiro atoms. The molecule has 3 aromatic rings. The van der Waals surface area contributed by atoms with Crippen molar-refractivity contribution in [3.63, 3.8) is 0 Å². The van der Waals surface area contributed by atoms with Crippen LogP contribution in [-0.4, -0.2) is 31.3 Å². The van der Waals surface area contributed by atoms with Gasteiger partial charge in [-0.05, 0) is 84.6 Å². The molecular formula is C27H28N2O5. The van der Waals surface area contributed by atoms with Gasteiger partial charge in [-0.25, -0.2) is 10.2 Å². The van der Waals surface area contributed by atoms with Crippen LogP contribution in [0.15, 0.2) is 77.9 Å². The minimum Gasteiger partial charge on any atom is -0.494 e. The van der Waals surface area contributed by atoms with Gasteiger partial charge in [-0.2, -0.15) is 5.10 Å². The van der Waals surface area contributed by atoms with E-state index in [0.29, 0.717) is 29.4 Å². The van der Waals surface area contributed by atoms with Crippen molar-refractivity contribution in [2.45, 2.75) is 26.7 Å². The Balaban J connectivity index is 1.43. The van der Waals surface area contributed by atoms with Gasteiger partial charge in [-0.15, -0.1) is 0 Å². The molecule has 3 aromatic carbocycles. The molecule has 0 unspecified atom stereocenters. The number of hydrogen-bond acceptors (Lipinski definition) is 6. The van der Waals surface area contributed by atoms with Gasteiger partial charge in [0.05, 0.1) is 18.4 Å². The molecule has 0 aliphatic carbocycles. The number of esters is 1. The van der Waals surface area contributed by atoms with Crippen LogP contribution < -0.4 is 19.6 Å². The van der Waals surface area contributed by atoms with E-state index in [1.54, 1.807) is 48.5 Å². The smallest absolute Gasteiger partial charge is 0.343 e. The summed E-state index contributed by atoms with van der Waals surface area (Å²) in [6.45, 7) is 4.60. The molecule has 1 amide bonds. The summed E-state index contributed by atoms with van der Waals surface area (Å²) < 4.78 is 16.4. The van der Waals surface area contributed by atoms with Crippen LogP contribution in [0.1, 0.15) is 41.8 Å². The summed E-state index contributed by atoms with van der Waals surface area (Å²) in [4.78, 5) is 24.2. The van der Waals surface area contributed by atoms with E-state index in [9.17, 15) is 9.59 Å². The summed E-state index contributed by atoms with van der Waals surface area (Å²) in [6.07, 6.45) is 3.36. The van der Waals surface area contributed by atoms with Gasteiger partial charge in [-0.3, -0.25) is 4.79 Å². The summed E-state index contributed by atoms with van der Waals surface area (Å²) in [5.74, 6) is 0.918. The maximum absolute atomic E-state index is 12.3. The number of benzene rings is 3. The van der Waals surface area contributed by atoms with E-state index in [2.05, 4.69) is 17.5 Å². The number of hydrazone groups is 1. The number of nitrogens with one attached hydrogen (secondary N) is 1. The van der Waals surface area contributed by atoms with Crippen LogP contribution in [0.5, 0.6) is 17.2 Å². The first-order valence-corrected chi connectivity index (χ1v) is 11.2. The number of nitrogens with zero attached hydrogens (tertiary/aromatic N) is 1. The van der Waals surface area contributed by atoms with Crippen LogP contribution >= 0.6 is 0 Å². The molecule has 0 aromatic heterocycles. The first-order valence-electron chi connectivity index (χ1n) is 11.2. The molecule has 1 N–H and O–H groups in total. The average Bonchev–Trinajstić information content (AvgIpc) is 2.88. The van der Waals surface area contributed by atoms with E-state index in [1.165, 1.54) is 11.8 Å². The van der Waals surface area contributed by atoms with Gasteiger partial charge in [0, 0.05) is 0 Å². The Morgan fingerprint density at radius 3 is 2.09 bits per heavy atom. The third-order valence-corrected chi connectivity index (χ3v) is 4.76. The maximum atomic E-state index is 12.3. The highest BCUT2D eigenvalue weighted by atomic mass is 16.5. The number of amides is 1. The van der Waals surface area contributed by atoms with Crippen LogP contribution in [-0.2, 0) is 11.2 Å². The van der Waals surface area contributed by atoms with Gasteiger partial charge >= 0.3 is 5.97 Å². The SMILES string of the molecule is CCCOc1ccc(C(=O)Oc2ccc(/C=N/NC(=O)COc3ccc(CC)cc3)cc2)cc1. The van der Waals surface area contributed by atoms with Gasteiger partial charge in [-0.1, -0.05) is 26.0 Å². The normalized spacial score (nSPS) is 10.6. The van der Waals surface area contributed by atoms with Crippen LogP contribution in [0, 0.1) is 0 Å². The largest absolute Gasteiger partial charge is 0.494 e. The van der Waals surface area contributed by atoms with Crippen LogP contribution in [0.25, 0.3) is 0 Å². The van der Waals surface area contributed by atoms with E-state index in [0.717, 1.165) is 18.4 Å². The third-order valence-electron chi connectivity index (χ3n) is 4.76. The second kappa shape index (κ2) is 12.8. The summed E-state index contributed by atoms with van der Waals surface area (Å²) in [7, 11) is 0. The fourth-order valence-corrected chi connectivity index (χ4v) is 2.88.